The lowest BCUT2D eigenvalue weighted by molar-refractivity contribution is -0.123. The van der Waals surface area contributed by atoms with Gasteiger partial charge in [-0.25, -0.2) is 9.29 Å². The summed E-state index contributed by atoms with van der Waals surface area (Å²) in [5, 5.41) is 11.9. The monoisotopic (exact) mass is 401 g/mol. The van der Waals surface area contributed by atoms with Crippen molar-refractivity contribution in [2.75, 3.05) is 16.8 Å². The number of benzene rings is 2. The van der Waals surface area contributed by atoms with E-state index in [0.29, 0.717) is 10.7 Å². The zero-order valence-electron chi connectivity index (χ0n) is 14.3. The Hall–Kier alpha value is -3.33. The number of carbonyl (C=O) groups excluding carboxylic acids is 3. The Morgan fingerprint density at radius 3 is 2.61 bits per heavy atom. The van der Waals surface area contributed by atoms with Crippen LogP contribution in [-0.4, -0.2) is 41.4 Å². The van der Waals surface area contributed by atoms with Crippen LogP contribution >= 0.6 is 11.6 Å². The maximum Gasteiger partial charge on any atom is 0.263 e. The minimum absolute atomic E-state index is 0.240. The molecule has 4 rings (SSSR count). The molecule has 2 aromatic rings. The van der Waals surface area contributed by atoms with E-state index in [0.717, 1.165) is 17.0 Å². The lowest BCUT2D eigenvalue weighted by atomic mass is 10.1. The third kappa shape index (κ3) is 3.20. The van der Waals surface area contributed by atoms with Gasteiger partial charge < -0.3 is 5.32 Å². The Labute approximate surface area is 163 Å². The van der Waals surface area contributed by atoms with Crippen molar-refractivity contribution in [1.29, 1.82) is 0 Å². The van der Waals surface area contributed by atoms with E-state index in [2.05, 4.69) is 15.7 Å². The summed E-state index contributed by atoms with van der Waals surface area (Å²) >= 11 is 5.88. The van der Waals surface area contributed by atoms with Crippen molar-refractivity contribution in [2.45, 2.75) is 12.1 Å². The minimum Gasteiger partial charge on any atom is -0.324 e. The van der Waals surface area contributed by atoms with E-state index in [1.807, 2.05) is 0 Å². The summed E-state index contributed by atoms with van der Waals surface area (Å²) in [5.74, 6) is -2.06. The van der Waals surface area contributed by atoms with Crippen molar-refractivity contribution in [3.05, 3.63) is 59.4 Å². The Morgan fingerprint density at radius 1 is 1.14 bits per heavy atom. The summed E-state index contributed by atoms with van der Waals surface area (Å²) in [7, 11) is 0. The van der Waals surface area contributed by atoms with Gasteiger partial charge in [0.05, 0.1) is 5.69 Å². The highest BCUT2D eigenvalue weighted by Gasteiger charge is 2.55. The van der Waals surface area contributed by atoms with Gasteiger partial charge in [0.1, 0.15) is 12.4 Å². The number of anilines is 2. The average Bonchev–Trinajstić information content (AvgIpc) is 3.16. The molecule has 2 aliphatic rings. The fourth-order valence-corrected chi connectivity index (χ4v) is 3.30. The van der Waals surface area contributed by atoms with Crippen LogP contribution in [0.2, 0.25) is 5.02 Å². The molecule has 142 valence electrons. The molecule has 2 heterocycles. The topological polar surface area (TPSA) is 94.4 Å². The molecule has 3 amide bonds. The second-order valence-corrected chi connectivity index (χ2v) is 6.68. The largest absolute Gasteiger partial charge is 0.324 e. The molecule has 28 heavy (non-hydrogen) atoms. The Balaban J connectivity index is 1.48. The molecule has 10 heteroatoms. The molecule has 0 unspecified atom stereocenters. The fourth-order valence-electron chi connectivity index (χ4n) is 3.11. The third-order valence-corrected chi connectivity index (χ3v) is 4.59. The summed E-state index contributed by atoms with van der Waals surface area (Å²) in [4.78, 5) is 38.6. The minimum atomic E-state index is -1.03. The van der Waals surface area contributed by atoms with Crippen molar-refractivity contribution in [1.82, 2.24) is 5.01 Å². The third-order valence-electron chi connectivity index (χ3n) is 4.36. The van der Waals surface area contributed by atoms with Crippen LogP contribution in [-0.2, 0) is 14.4 Å². The first kappa shape index (κ1) is 18.1. The maximum atomic E-state index is 13.1. The van der Waals surface area contributed by atoms with Gasteiger partial charge in [-0.3, -0.25) is 19.4 Å². The van der Waals surface area contributed by atoms with Crippen molar-refractivity contribution >= 4 is 40.7 Å². The first-order valence-corrected chi connectivity index (χ1v) is 8.68. The van der Waals surface area contributed by atoms with E-state index in [1.165, 1.54) is 17.1 Å². The molecule has 0 aliphatic carbocycles. The van der Waals surface area contributed by atoms with Gasteiger partial charge in [0.15, 0.2) is 12.1 Å². The van der Waals surface area contributed by atoms with Crippen LogP contribution in [0.1, 0.15) is 0 Å². The summed E-state index contributed by atoms with van der Waals surface area (Å²) in [6.07, 6.45) is 0. The fraction of sp³-hybridized carbons (Fsp3) is 0.167. The number of carbonyl (C=O) groups is 3. The Kier molecular flexibility index (Phi) is 4.52. The van der Waals surface area contributed by atoms with Gasteiger partial charge in [-0.1, -0.05) is 22.9 Å². The summed E-state index contributed by atoms with van der Waals surface area (Å²) in [6.45, 7) is -0.270. The zero-order chi connectivity index (χ0) is 19.8. The number of halogens is 2. The normalized spacial score (nSPS) is 20.6. The van der Waals surface area contributed by atoms with Gasteiger partial charge in [0.25, 0.3) is 11.8 Å². The van der Waals surface area contributed by atoms with Crippen molar-refractivity contribution in [2.24, 2.45) is 10.3 Å². The number of rotatable bonds is 4. The lowest BCUT2D eigenvalue weighted by Crippen LogP contribution is -2.43. The molecule has 1 N–H and O–H groups in total. The van der Waals surface area contributed by atoms with Crippen molar-refractivity contribution in [3.8, 4) is 0 Å². The summed E-state index contributed by atoms with van der Waals surface area (Å²) in [5.41, 5.74) is 0.733. The van der Waals surface area contributed by atoms with E-state index in [4.69, 9.17) is 11.6 Å². The van der Waals surface area contributed by atoms with Crippen molar-refractivity contribution < 1.29 is 18.8 Å². The molecule has 1 fully saturated rings. The molecule has 0 spiro atoms. The summed E-state index contributed by atoms with van der Waals surface area (Å²) in [6, 6.07) is 9.53. The van der Waals surface area contributed by atoms with Crippen LogP contribution < -0.4 is 10.2 Å². The summed E-state index contributed by atoms with van der Waals surface area (Å²) < 4.78 is 13.1. The number of hydrogen-bond donors (Lipinski definition) is 1. The van der Waals surface area contributed by atoms with E-state index in [9.17, 15) is 18.8 Å². The number of nitrogens with one attached hydrogen (secondary N) is 1. The van der Waals surface area contributed by atoms with E-state index in [1.54, 1.807) is 24.3 Å². The number of fused-ring (bicyclic) bond motifs is 1. The van der Waals surface area contributed by atoms with Crippen LogP contribution in [0.3, 0.4) is 0 Å². The van der Waals surface area contributed by atoms with Crippen LogP contribution in [0.25, 0.3) is 0 Å². The molecule has 1 saturated heterocycles. The highest BCUT2D eigenvalue weighted by Crippen LogP contribution is 2.31. The smallest absolute Gasteiger partial charge is 0.263 e. The average molecular weight is 402 g/mol. The predicted molar refractivity (Wildman–Crippen MR) is 98.1 cm³/mol. The predicted octanol–water partition coefficient (Wildman–Crippen LogP) is 2.41. The second kappa shape index (κ2) is 7.01. The van der Waals surface area contributed by atoms with E-state index >= 15 is 0 Å². The van der Waals surface area contributed by atoms with Gasteiger partial charge in [-0.05, 0) is 42.5 Å². The van der Waals surface area contributed by atoms with Gasteiger partial charge >= 0.3 is 0 Å². The molecule has 8 nitrogen and oxygen atoms in total. The quantitative estimate of drug-likeness (QED) is 0.796. The van der Waals surface area contributed by atoms with Crippen molar-refractivity contribution in [3.63, 3.8) is 0 Å². The Morgan fingerprint density at radius 2 is 1.89 bits per heavy atom. The van der Waals surface area contributed by atoms with Crippen LogP contribution in [0.5, 0.6) is 0 Å². The molecule has 0 radical (unpaired) electrons. The first-order valence-electron chi connectivity index (χ1n) is 8.30. The van der Waals surface area contributed by atoms with E-state index < -0.39 is 35.6 Å². The molecule has 2 aliphatic heterocycles. The highest BCUT2D eigenvalue weighted by molar-refractivity contribution is 6.31. The van der Waals surface area contributed by atoms with E-state index in [-0.39, 0.29) is 12.2 Å². The van der Waals surface area contributed by atoms with Crippen LogP contribution in [0.4, 0.5) is 15.8 Å². The molecule has 0 saturated carbocycles. The lowest BCUT2D eigenvalue weighted by Gasteiger charge is -2.20. The molecule has 0 aromatic heterocycles. The molecule has 2 aromatic carbocycles. The van der Waals surface area contributed by atoms with Gasteiger partial charge in [-0.15, -0.1) is 0 Å². The molecule has 2 atom stereocenters. The van der Waals surface area contributed by atoms with Gasteiger partial charge in [-0.2, -0.15) is 5.11 Å². The van der Waals surface area contributed by atoms with Gasteiger partial charge in [0.2, 0.25) is 5.91 Å². The molecule has 0 bridgehead atoms. The standard InChI is InChI=1S/C18H13ClFN5O3/c19-10-2-1-3-12(8-10)21-14(26)9-24-16-15(22-23-24)17(27)25(18(16)28)13-6-4-11(20)5-7-13/h1-8,15-16H,9H2,(H,21,26)/t15-,16-/m1/s1. The Bertz CT molecular complexity index is 997. The SMILES string of the molecule is O=C(CN1N=N[C@H]2C(=O)N(c3ccc(F)cc3)C(=O)[C@@H]21)Nc1cccc(Cl)c1. The number of hydrogen-bond acceptors (Lipinski definition) is 6. The highest BCUT2D eigenvalue weighted by atomic mass is 35.5. The van der Waals surface area contributed by atoms with Crippen LogP contribution in [0.15, 0.2) is 58.9 Å². The maximum absolute atomic E-state index is 13.1. The number of nitrogens with zero attached hydrogens (tertiary/aromatic N) is 4. The number of imide groups is 1. The number of amides is 3. The molecular formula is C18H13ClFN5O3. The van der Waals surface area contributed by atoms with Crippen LogP contribution in [0, 0.1) is 5.82 Å². The first-order chi connectivity index (χ1) is 13.4. The second-order valence-electron chi connectivity index (χ2n) is 6.24. The van der Waals surface area contributed by atoms with Gasteiger partial charge in [0, 0.05) is 10.7 Å². The molecular weight excluding hydrogens is 389 g/mol. The zero-order valence-corrected chi connectivity index (χ0v) is 15.0.